The van der Waals surface area contributed by atoms with Crippen molar-refractivity contribution < 1.29 is 13.7 Å². The molecular formula is C14H16FN5O2. The molecule has 2 saturated heterocycles. The van der Waals surface area contributed by atoms with Gasteiger partial charge in [0.2, 0.25) is 17.7 Å². The predicted octanol–water partition coefficient (Wildman–Crippen LogP) is 1.66. The van der Waals surface area contributed by atoms with Gasteiger partial charge in [0.05, 0.1) is 18.5 Å². The van der Waals surface area contributed by atoms with Crippen LogP contribution in [0.15, 0.2) is 16.9 Å². The van der Waals surface area contributed by atoms with E-state index in [9.17, 15) is 4.39 Å². The molecule has 0 amide bonds. The number of piperidine rings is 1. The smallest absolute Gasteiger partial charge is 0.225 e. The van der Waals surface area contributed by atoms with Crippen molar-refractivity contribution >= 4 is 5.95 Å². The van der Waals surface area contributed by atoms with E-state index in [0.29, 0.717) is 30.1 Å². The van der Waals surface area contributed by atoms with Crippen LogP contribution in [0.2, 0.25) is 0 Å². The van der Waals surface area contributed by atoms with Crippen LogP contribution in [0.5, 0.6) is 0 Å². The Bertz CT molecular complexity index is 662. The molecule has 0 N–H and O–H groups in total. The van der Waals surface area contributed by atoms with Crippen LogP contribution in [0.25, 0.3) is 0 Å². The van der Waals surface area contributed by atoms with Crippen LogP contribution >= 0.6 is 0 Å². The number of nitrogens with zero attached hydrogens (tertiary/aromatic N) is 5. The van der Waals surface area contributed by atoms with Gasteiger partial charge in [-0.2, -0.15) is 4.98 Å². The lowest BCUT2D eigenvalue weighted by Crippen LogP contribution is -2.43. The van der Waals surface area contributed by atoms with Gasteiger partial charge in [0, 0.05) is 20.0 Å². The van der Waals surface area contributed by atoms with Gasteiger partial charge in [0.1, 0.15) is 6.10 Å². The normalized spacial score (nSPS) is 27.9. The largest absolute Gasteiger partial charge is 0.365 e. The lowest BCUT2D eigenvalue weighted by Gasteiger charge is -2.33. The number of hydrogen-bond donors (Lipinski definition) is 0. The second kappa shape index (κ2) is 5.28. The molecular weight excluding hydrogens is 289 g/mol. The molecule has 0 saturated carbocycles. The topological polar surface area (TPSA) is 77.2 Å². The Labute approximate surface area is 126 Å². The Kier molecular flexibility index (Phi) is 3.25. The first-order chi connectivity index (χ1) is 10.7. The molecule has 2 aromatic heterocycles. The van der Waals surface area contributed by atoms with Gasteiger partial charge < -0.3 is 14.2 Å². The second-order valence-electron chi connectivity index (χ2n) is 5.77. The number of aryl methyl sites for hydroxylation is 1. The standard InChI is InChI=1S/C14H16FN5O2/c1-8-18-13(19-22-8)11-4-9-2-3-20(7-12(9)21-11)14-16-5-10(15)6-17-14/h5-6,9,11-12H,2-4,7H2,1H3/t9-,11+,12+/m1/s1. The van der Waals surface area contributed by atoms with Crippen LogP contribution in [0, 0.1) is 18.7 Å². The number of fused-ring (bicyclic) bond motifs is 1. The maximum atomic E-state index is 12.9. The summed E-state index contributed by atoms with van der Waals surface area (Å²) < 4.78 is 24.0. The number of halogens is 1. The zero-order valence-corrected chi connectivity index (χ0v) is 12.1. The molecule has 2 fully saturated rings. The quantitative estimate of drug-likeness (QED) is 0.835. The van der Waals surface area contributed by atoms with Crippen molar-refractivity contribution in [3.05, 3.63) is 29.9 Å². The zero-order chi connectivity index (χ0) is 15.1. The number of aromatic nitrogens is 4. The minimum absolute atomic E-state index is 0.0891. The molecule has 0 aromatic carbocycles. The highest BCUT2D eigenvalue weighted by atomic mass is 19.1. The number of rotatable bonds is 2. The fourth-order valence-electron chi connectivity index (χ4n) is 3.19. The maximum Gasteiger partial charge on any atom is 0.225 e. The van der Waals surface area contributed by atoms with Crippen molar-refractivity contribution in [3.63, 3.8) is 0 Å². The first kappa shape index (κ1) is 13.6. The number of hydrogen-bond acceptors (Lipinski definition) is 7. The molecule has 0 unspecified atom stereocenters. The van der Waals surface area contributed by atoms with Gasteiger partial charge in [-0.05, 0) is 18.8 Å². The minimum atomic E-state index is -0.428. The highest BCUT2D eigenvalue weighted by Gasteiger charge is 2.41. The molecule has 4 rings (SSSR count). The summed E-state index contributed by atoms with van der Waals surface area (Å²) in [6.07, 6.45) is 4.25. The van der Waals surface area contributed by atoms with Crippen molar-refractivity contribution in [1.29, 1.82) is 0 Å². The van der Waals surface area contributed by atoms with E-state index in [1.165, 1.54) is 12.4 Å². The van der Waals surface area contributed by atoms with E-state index in [0.717, 1.165) is 19.4 Å². The van der Waals surface area contributed by atoms with Crippen LogP contribution in [0.4, 0.5) is 10.3 Å². The average Bonchev–Trinajstić information content (AvgIpc) is 3.13. The van der Waals surface area contributed by atoms with Gasteiger partial charge in [-0.3, -0.25) is 0 Å². The van der Waals surface area contributed by atoms with E-state index in [4.69, 9.17) is 9.26 Å². The predicted molar refractivity (Wildman–Crippen MR) is 73.6 cm³/mol. The third kappa shape index (κ3) is 2.43. The lowest BCUT2D eigenvalue weighted by atomic mass is 9.92. The van der Waals surface area contributed by atoms with Crippen molar-refractivity contribution in [3.8, 4) is 0 Å². The van der Waals surface area contributed by atoms with E-state index in [1.807, 2.05) is 4.90 Å². The van der Waals surface area contributed by atoms with E-state index in [-0.39, 0.29) is 12.2 Å². The Morgan fingerprint density at radius 3 is 2.86 bits per heavy atom. The fourth-order valence-corrected chi connectivity index (χ4v) is 3.19. The van der Waals surface area contributed by atoms with Gasteiger partial charge in [-0.1, -0.05) is 5.16 Å². The number of anilines is 1. The van der Waals surface area contributed by atoms with Gasteiger partial charge >= 0.3 is 0 Å². The van der Waals surface area contributed by atoms with E-state index < -0.39 is 5.82 Å². The average molecular weight is 305 g/mol. The minimum Gasteiger partial charge on any atom is -0.365 e. The monoisotopic (exact) mass is 305 g/mol. The van der Waals surface area contributed by atoms with Gasteiger partial charge in [-0.25, -0.2) is 14.4 Å². The lowest BCUT2D eigenvalue weighted by molar-refractivity contribution is 0.0265. The first-order valence-electron chi connectivity index (χ1n) is 7.37. The van der Waals surface area contributed by atoms with E-state index >= 15 is 0 Å². The molecule has 8 heteroatoms. The van der Waals surface area contributed by atoms with E-state index in [2.05, 4.69) is 20.1 Å². The van der Waals surface area contributed by atoms with Crippen LogP contribution in [0.1, 0.15) is 30.7 Å². The summed E-state index contributed by atoms with van der Waals surface area (Å²) in [6.45, 7) is 3.31. The van der Waals surface area contributed by atoms with Crippen LogP contribution in [0.3, 0.4) is 0 Å². The highest BCUT2D eigenvalue weighted by Crippen LogP contribution is 2.40. The Morgan fingerprint density at radius 2 is 2.14 bits per heavy atom. The Hall–Kier alpha value is -2.09. The van der Waals surface area contributed by atoms with E-state index in [1.54, 1.807) is 6.92 Å². The van der Waals surface area contributed by atoms with Crippen molar-refractivity contribution in [1.82, 2.24) is 20.1 Å². The fraction of sp³-hybridized carbons (Fsp3) is 0.571. The third-order valence-electron chi connectivity index (χ3n) is 4.27. The molecule has 2 aliphatic heterocycles. The van der Waals surface area contributed by atoms with Gasteiger partial charge in [0.15, 0.2) is 5.82 Å². The molecule has 7 nitrogen and oxygen atoms in total. The molecule has 0 aliphatic carbocycles. The molecule has 0 spiro atoms. The summed E-state index contributed by atoms with van der Waals surface area (Å²) in [4.78, 5) is 14.4. The Morgan fingerprint density at radius 1 is 1.32 bits per heavy atom. The summed E-state index contributed by atoms with van der Waals surface area (Å²) in [6, 6.07) is 0. The molecule has 2 aliphatic rings. The molecule has 22 heavy (non-hydrogen) atoms. The molecule has 4 heterocycles. The summed E-state index contributed by atoms with van der Waals surface area (Å²) in [5.41, 5.74) is 0. The SMILES string of the molecule is Cc1nc([C@@H]2C[C@H]3CCN(c4ncc(F)cn4)C[C@@H]3O2)no1. The van der Waals surface area contributed by atoms with Gasteiger partial charge in [-0.15, -0.1) is 0 Å². The van der Waals surface area contributed by atoms with Gasteiger partial charge in [0.25, 0.3) is 0 Å². The highest BCUT2D eigenvalue weighted by molar-refractivity contribution is 5.30. The molecule has 2 aromatic rings. The molecule has 0 bridgehead atoms. The molecule has 0 radical (unpaired) electrons. The maximum absolute atomic E-state index is 12.9. The van der Waals surface area contributed by atoms with Crippen LogP contribution < -0.4 is 4.90 Å². The number of ether oxygens (including phenoxy) is 1. The first-order valence-corrected chi connectivity index (χ1v) is 7.37. The Balaban J connectivity index is 1.46. The van der Waals surface area contributed by atoms with Crippen LogP contribution in [-0.2, 0) is 4.74 Å². The van der Waals surface area contributed by atoms with Crippen molar-refractivity contribution in [2.24, 2.45) is 5.92 Å². The second-order valence-corrected chi connectivity index (χ2v) is 5.77. The molecule has 3 atom stereocenters. The third-order valence-corrected chi connectivity index (χ3v) is 4.27. The summed E-state index contributed by atoms with van der Waals surface area (Å²) in [5, 5.41) is 3.95. The zero-order valence-electron chi connectivity index (χ0n) is 12.1. The summed E-state index contributed by atoms with van der Waals surface area (Å²) >= 11 is 0. The van der Waals surface area contributed by atoms with Crippen molar-refractivity contribution in [2.75, 3.05) is 18.0 Å². The van der Waals surface area contributed by atoms with Crippen molar-refractivity contribution in [2.45, 2.75) is 32.0 Å². The van der Waals surface area contributed by atoms with Crippen LogP contribution in [-0.4, -0.2) is 39.3 Å². The molecule has 116 valence electrons. The summed E-state index contributed by atoms with van der Waals surface area (Å²) in [5.74, 6) is 1.76. The summed E-state index contributed by atoms with van der Waals surface area (Å²) in [7, 11) is 0.